The average molecular weight is 390 g/mol. The van der Waals surface area contributed by atoms with E-state index in [0.29, 0.717) is 37.6 Å². The van der Waals surface area contributed by atoms with Crippen molar-refractivity contribution in [1.82, 2.24) is 9.88 Å². The number of carbonyl (C=O) groups is 2. The van der Waals surface area contributed by atoms with Crippen molar-refractivity contribution in [1.29, 1.82) is 0 Å². The summed E-state index contributed by atoms with van der Waals surface area (Å²) in [6.45, 7) is 2.43. The Labute approximate surface area is 168 Å². The lowest BCUT2D eigenvalue weighted by Crippen LogP contribution is -2.49. The van der Waals surface area contributed by atoms with Crippen LogP contribution < -0.4 is 0 Å². The molecule has 6 nitrogen and oxygen atoms in total. The highest BCUT2D eigenvalue weighted by atomic mass is 16.4. The lowest BCUT2D eigenvalue weighted by atomic mass is 9.73. The normalized spacial score (nSPS) is 15.8. The summed E-state index contributed by atoms with van der Waals surface area (Å²) < 4.78 is 5.71. The summed E-state index contributed by atoms with van der Waals surface area (Å²) in [5.74, 6) is -0.195. The van der Waals surface area contributed by atoms with Gasteiger partial charge in [0.15, 0.2) is 5.69 Å². The monoisotopic (exact) mass is 390 g/mol. The van der Waals surface area contributed by atoms with E-state index >= 15 is 0 Å². The third-order valence-corrected chi connectivity index (χ3v) is 5.66. The van der Waals surface area contributed by atoms with E-state index in [4.69, 9.17) is 4.42 Å². The van der Waals surface area contributed by atoms with Crippen LogP contribution in [0.1, 0.15) is 34.7 Å². The predicted octanol–water partition coefficient (Wildman–Crippen LogP) is 3.91. The number of carbonyl (C=O) groups excluding carboxylic acids is 1. The molecule has 1 aromatic heterocycles. The van der Waals surface area contributed by atoms with E-state index in [0.717, 1.165) is 11.1 Å². The van der Waals surface area contributed by atoms with Crippen LogP contribution in [0.15, 0.2) is 65.1 Å². The van der Waals surface area contributed by atoms with Crippen LogP contribution in [0.2, 0.25) is 0 Å². The minimum atomic E-state index is -0.966. The first kappa shape index (κ1) is 18.9. The summed E-state index contributed by atoms with van der Waals surface area (Å²) in [4.78, 5) is 31.2. The fraction of sp³-hybridized carbons (Fsp3) is 0.261. The van der Waals surface area contributed by atoms with Gasteiger partial charge in [-0.25, -0.2) is 4.98 Å². The number of hydrogen-bond acceptors (Lipinski definition) is 4. The lowest BCUT2D eigenvalue weighted by Gasteiger charge is -2.39. The van der Waals surface area contributed by atoms with Crippen molar-refractivity contribution in [3.05, 3.63) is 77.7 Å². The van der Waals surface area contributed by atoms with Gasteiger partial charge in [-0.1, -0.05) is 48.5 Å². The van der Waals surface area contributed by atoms with Crippen LogP contribution in [-0.2, 0) is 10.2 Å². The van der Waals surface area contributed by atoms with Crippen molar-refractivity contribution < 1.29 is 19.1 Å². The number of likely N-dealkylation sites (tertiary alicyclic amines) is 1. The fourth-order valence-electron chi connectivity index (χ4n) is 3.92. The molecular weight excluding hydrogens is 368 g/mol. The zero-order valence-corrected chi connectivity index (χ0v) is 16.2. The summed E-state index contributed by atoms with van der Waals surface area (Å²) in [5, 5.41) is 9.93. The maximum Gasteiger partial charge on any atom is 0.314 e. The Balaban J connectivity index is 1.54. The quantitative estimate of drug-likeness (QED) is 0.730. The Bertz CT molecular complexity index is 1020. The van der Waals surface area contributed by atoms with Gasteiger partial charge in [0.1, 0.15) is 5.76 Å². The highest BCUT2D eigenvalue weighted by molar-refractivity contribution is 5.94. The third kappa shape index (κ3) is 3.42. The van der Waals surface area contributed by atoms with Gasteiger partial charge in [0.05, 0.1) is 5.41 Å². The van der Waals surface area contributed by atoms with E-state index in [1.807, 2.05) is 60.7 Å². The van der Waals surface area contributed by atoms with E-state index in [1.165, 1.54) is 0 Å². The molecule has 3 aromatic rings. The first-order valence-electron chi connectivity index (χ1n) is 9.62. The number of aliphatic carboxylic acids is 1. The Kier molecular flexibility index (Phi) is 4.92. The molecule has 1 fully saturated rings. The zero-order chi connectivity index (χ0) is 20.4. The van der Waals surface area contributed by atoms with Gasteiger partial charge in [0, 0.05) is 18.7 Å². The molecule has 29 heavy (non-hydrogen) atoms. The number of aryl methyl sites for hydroxylation is 1. The van der Waals surface area contributed by atoms with Crippen LogP contribution in [0.3, 0.4) is 0 Å². The molecule has 0 aliphatic carbocycles. The Morgan fingerprint density at radius 1 is 1.00 bits per heavy atom. The fourth-order valence-corrected chi connectivity index (χ4v) is 3.92. The molecule has 0 spiro atoms. The first-order valence-corrected chi connectivity index (χ1v) is 9.62. The van der Waals surface area contributed by atoms with E-state index < -0.39 is 11.4 Å². The predicted molar refractivity (Wildman–Crippen MR) is 108 cm³/mol. The molecule has 0 bridgehead atoms. The molecule has 0 unspecified atom stereocenters. The number of hydrogen-bond donors (Lipinski definition) is 1. The molecule has 4 rings (SSSR count). The number of carboxylic acids is 1. The summed E-state index contributed by atoms with van der Waals surface area (Å²) in [7, 11) is 0. The second-order valence-corrected chi connectivity index (χ2v) is 7.34. The van der Waals surface area contributed by atoms with Crippen molar-refractivity contribution in [2.24, 2.45) is 0 Å². The lowest BCUT2D eigenvalue weighted by molar-refractivity contribution is -0.145. The molecule has 0 radical (unpaired) electrons. The summed E-state index contributed by atoms with van der Waals surface area (Å²) >= 11 is 0. The molecule has 6 heteroatoms. The van der Waals surface area contributed by atoms with Crippen LogP contribution in [0.4, 0.5) is 0 Å². The maximum atomic E-state index is 13.0. The van der Waals surface area contributed by atoms with Crippen LogP contribution in [0, 0.1) is 6.92 Å². The second kappa shape index (κ2) is 7.54. The molecule has 148 valence electrons. The largest absolute Gasteiger partial charge is 0.481 e. The highest BCUT2D eigenvalue weighted by Gasteiger charge is 2.44. The maximum absolute atomic E-state index is 13.0. The van der Waals surface area contributed by atoms with Gasteiger partial charge in [-0.05, 0) is 37.5 Å². The van der Waals surface area contributed by atoms with Gasteiger partial charge in [-0.15, -0.1) is 0 Å². The highest BCUT2D eigenvalue weighted by Crippen LogP contribution is 2.36. The van der Waals surface area contributed by atoms with Crippen LogP contribution >= 0.6 is 0 Å². The van der Waals surface area contributed by atoms with E-state index in [1.54, 1.807) is 11.8 Å². The molecule has 1 amide bonds. The van der Waals surface area contributed by atoms with Gasteiger partial charge in [-0.2, -0.15) is 0 Å². The molecule has 2 heterocycles. The molecule has 1 saturated heterocycles. The van der Waals surface area contributed by atoms with E-state index in [-0.39, 0.29) is 11.6 Å². The number of nitrogens with zero attached hydrogens (tertiary/aromatic N) is 2. The minimum Gasteiger partial charge on any atom is -0.481 e. The summed E-state index contributed by atoms with van der Waals surface area (Å²) in [6, 6.07) is 18.7. The Hall–Kier alpha value is -3.41. The Morgan fingerprint density at radius 3 is 2.17 bits per heavy atom. The van der Waals surface area contributed by atoms with Crippen molar-refractivity contribution >= 4 is 11.9 Å². The van der Waals surface area contributed by atoms with Crippen molar-refractivity contribution in [3.63, 3.8) is 0 Å². The number of aromatic nitrogens is 1. The molecule has 2 aromatic carbocycles. The first-order chi connectivity index (χ1) is 14.0. The van der Waals surface area contributed by atoms with E-state index in [2.05, 4.69) is 4.98 Å². The van der Waals surface area contributed by atoms with E-state index in [9.17, 15) is 14.7 Å². The number of piperidine rings is 1. The number of oxazole rings is 1. The van der Waals surface area contributed by atoms with Gasteiger partial charge < -0.3 is 14.4 Å². The molecule has 1 N–H and O–H groups in total. The van der Waals surface area contributed by atoms with Crippen LogP contribution in [-0.4, -0.2) is 40.0 Å². The van der Waals surface area contributed by atoms with Gasteiger partial charge in [-0.3, -0.25) is 9.59 Å². The molecule has 1 aliphatic heterocycles. The molecular formula is C23H22N2O4. The van der Waals surface area contributed by atoms with Crippen LogP contribution in [0.25, 0.3) is 11.5 Å². The molecule has 0 saturated carbocycles. The van der Waals surface area contributed by atoms with Crippen LogP contribution in [0.5, 0.6) is 0 Å². The minimum absolute atomic E-state index is 0.222. The van der Waals surface area contributed by atoms with Crippen molar-refractivity contribution in [2.75, 3.05) is 13.1 Å². The average Bonchev–Trinajstić information content (AvgIpc) is 3.16. The SMILES string of the molecule is Cc1oc(-c2ccccc2)nc1C(=O)N1CCC(C(=O)O)(c2ccccc2)CC1. The van der Waals surface area contributed by atoms with Gasteiger partial charge in [0.2, 0.25) is 5.89 Å². The number of carboxylic acid groups (broad SMARTS) is 1. The third-order valence-electron chi connectivity index (χ3n) is 5.66. The molecule has 0 atom stereocenters. The topological polar surface area (TPSA) is 83.6 Å². The second-order valence-electron chi connectivity index (χ2n) is 7.34. The van der Waals surface area contributed by atoms with Crippen molar-refractivity contribution in [3.8, 4) is 11.5 Å². The van der Waals surface area contributed by atoms with Crippen molar-refractivity contribution in [2.45, 2.75) is 25.2 Å². The summed E-state index contributed by atoms with van der Waals surface area (Å²) in [6.07, 6.45) is 0.723. The number of rotatable bonds is 4. The molecule has 1 aliphatic rings. The number of amides is 1. The van der Waals surface area contributed by atoms with Gasteiger partial charge >= 0.3 is 5.97 Å². The summed E-state index contributed by atoms with van der Waals surface area (Å²) in [5.41, 5.74) is 0.906. The zero-order valence-electron chi connectivity index (χ0n) is 16.2. The Morgan fingerprint density at radius 2 is 1.59 bits per heavy atom. The van der Waals surface area contributed by atoms with Gasteiger partial charge in [0.25, 0.3) is 5.91 Å². The smallest absolute Gasteiger partial charge is 0.314 e. The standard InChI is InChI=1S/C23H22N2O4/c1-16-19(24-20(29-16)17-8-4-2-5-9-17)21(26)25-14-12-23(13-15-25,22(27)28)18-10-6-3-7-11-18/h2-11H,12-15H2,1H3,(H,27,28). The number of benzene rings is 2.